The Labute approximate surface area is 147 Å². The molecule has 6 heteroatoms. The van der Waals surface area contributed by atoms with Gasteiger partial charge in [0.05, 0.1) is 0 Å². The lowest BCUT2D eigenvalue weighted by Gasteiger charge is -2.41. The quantitative estimate of drug-likeness (QED) is 0.909. The second-order valence-corrected chi connectivity index (χ2v) is 6.71. The first-order chi connectivity index (χ1) is 12.1. The fourth-order valence-electron chi connectivity index (χ4n) is 3.57. The molecule has 0 saturated carbocycles. The van der Waals surface area contributed by atoms with Gasteiger partial charge in [0.25, 0.3) is 5.91 Å². The van der Waals surface area contributed by atoms with Crippen LogP contribution in [0.15, 0.2) is 42.5 Å². The molecule has 130 valence electrons. The summed E-state index contributed by atoms with van der Waals surface area (Å²) in [5.41, 5.74) is 6.73. The van der Waals surface area contributed by atoms with E-state index in [0.717, 1.165) is 31.5 Å². The molecule has 25 heavy (non-hydrogen) atoms. The zero-order chi connectivity index (χ0) is 17.4. The van der Waals surface area contributed by atoms with Gasteiger partial charge in [-0.1, -0.05) is 30.3 Å². The number of likely N-dealkylation sites (tertiary alicyclic amines) is 1. The number of carbonyl (C=O) groups excluding carboxylic acids is 1. The maximum atomic E-state index is 13.3. The number of aromatic nitrogens is 1. The Morgan fingerprint density at radius 3 is 2.56 bits per heavy atom. The van der Waals surface area contributed by atoms with Gasteiger partial charge in [-0.25, -0.2) is 4.98 Å². The smallest absolute Gasteiger partial charge is 0.274 e. The molecule has 3 heterocycles. The number of hydrogen-bond donors (Lipinski definition) is 1. The summed E-state index contributed by atoms with van der Waals surface area (Å²) in [6.45, 7) is 1.92. The molecule has 2 aliphatic rings. The van der Waals surface area contributed by atoms with Crippen LogP contribution in [-0.2, 0) is 4.79 Å². The van der Waals surface area contributed by atoms with Crippen molar-refractivity contribution in [2.75, 3.05) is 30.8 Å². The van der Waals surface area contributed by atoms with Crippen molar-refractivity contribution < 1.29 is 9.53 Å². The van der Waals surface area contributed by atoms with E-state index < -0.39 is 6.10 Å². The molecule has 1 atom stereocenters. The Kier molecular flexibility index (Phi) is 4.05. The van der Waals surface area contributed by atoms with E-state index >= 15 is 0 Å². The molecule has 2 N–H and O–H groups in total. The van der Waals surface area contributed by atoms with Crippen LogP contribution in [0.2, 0.25) is 0 Å². The lowest BCUT2D eigenvalue weighted by molar-refractivity contribution is -0.127. The molecular weight excluding hydrogens is 316 g/mol. The van der Waals surface area contributed by atoms with Crippen molar-refractivity contribution in [3.63, 3.8) is 0 Å². The number of pyridine rings is 1. The minimum absolute atomic E-state index is 0.0636. The van der Waals surface area contributed by atoms with E-state index in [4.69, 9.17) is 10.5 Å². The van der Waals surface area contributed by atoms with Crippen molar-refractivity contribution in [3.05, 3.63) is 48.0 Å². The van der Waals surface area contributed by atoms with Gasteiger partial charge >= 0.3 is 0 Å². The molecule has 0 radical (unpaired) electrons. The Balaban J connectivity index is 1.74. The lowest BCUT2D eigenvalue weighted by atomic mass is 9.99. The number of fused-ring (bicyclic) bond motifs is 1. The molecule has 1 saturated heterocycles. The molecule has 0 aliphatic carbocycles. The van der Waals surface area contributed by atoms with Gasteiger partial charge in [0, 0.05) is 11.6 Å². The zero-order valence-corrected chi connectivity index (χ0v) is 14.3. The zero-order valence-electron chi connectivity index (χ0n) is 14.3. The van der Waals surface area contributed by atoms with Crippen LogP contribution in [-0.4, -0.2) is 42.0 Å². The number of anilines is 2. The third kappa shape index (κ3) is 2.93. The summed E-state index contributed by atoms with van der Waals surface area (Å²) < 4.78 is 6.01. The van der Waals surface area contributed by atoms with E-state index in [1.54, 1.807) is 6.07 Å². The van der Waals surface area contributed by atoms with Gasteiger partial charge in [-0.15, -0.1) is 0 Å². The molecule has 2 aromatic rings. The fourth-order valence-corrected chi connectivity index (χ4v) is 3.57. The topological polar surface area (TPSA) is 71.7 Å². The van der Waals surface area contributed by atoms with Gasteiger partial charge in [0.2, 0.25) is 6.10 Å². The Hall–Kier alpha value is -2.60. The normalized spacial score (nSPS) is 21.7. The predicted molar refractivity (Wildman–Crippen MR) is 96.5 cm³/mol. The number of hydrogen-bond acceptors (Lipinski definition) is 5. The van der Waals surface area contributed by atoms with E-state index in [1.165, 1.54) is 0 Å². The average Bonchev–Trinajstić information content (AvgIpc) is 2.63. The number of nitrogens with two attached hydrogens (primary N) is 1. The van der Waals surface area contributed by atoms with Gasteiger partial charge in [-0.05, 0) is 45.1 Å². The molecule has 6 nitrogen and oxygen atoms in total. The van der Waals surface area contributed by atoms with E-state index in [9.17, 15) is 4.79 Å². The number of rotatable bonds is 2. The summed E-state index contributed by atoms with van der Waals surface area (Å²) in [6, 6.07) is 13.3. The highest BCUT2D eigenvalue weighted by atomic mass is 16.5. The summed E-state index contributed by atoms with van der Waals surface area (Å²) in [7, 11) is 2.11. The monoisotopic (exact) mass is 338 g/mol. The third-order valence-corrected chi connectivity index (χ3v) is 4.95. The molecule has 1 aromatic carbocycles. The van der Waals surface area contributed by atoms with E-state index in [1.807, 2.05) is 41.3 Å². The van der Waals surface area contributed by atoms with Gasteiger partial charge in [0.1, 0.15) is 5.82 Å². The first kappa shape index (κ1) is 15.9. The van der Waals surface area contributed by atoms with E-state index in [2.05, 4.69) is 16.9 Å². The molecule has 4 rings (SSSR count). The molecular formula is C19H22N4O2. The maximum Gasteiger partial charge on any atom is 0.274 e. The Bertz CT molecular complexity index is 772. The summed E-state index contributed by atoms with van der Waals surface area (Å²) in [6.07, 6.45) is 1.19. The standard InChI is InChI=1S/C19H22N4O2/c1-22-11-9-14(10-12-22)23-18-15(7-8-16(20)21-18)25-17(19(23)24)13-5-3-2-4-6-13/h2-8,14,17H,9-12H2,1H3,(H2,20,21). The van der Waals surface area contributed by atoms with E-state index in [-0.39, 0.29) is 11.9 Å². The van der Waals surface area contributed by atoms with Crippen LogP contribution in [0.1, 0.15) is 24.5 Å². The molecule has 0 bridgehead atoms. The van der Waals surface area contributed by atoms with Crippen molar-refractivity contribution >= 4 is 17.5 Å². The van der Waals surface area contributed by atoms with Gasteiger partial charge in [-0.2, -0.15) is 0 Å². The van der Waals surface area contributed by atoms with Crippen molar-refractivity contribution in [2.24, 2.45) is 0 Å². The fraction of sp³-hybridized carbons (Fsp3) is 0.368. The second-order valence-electron chi connectivity index (χ2n) is 6.71. The summed E-state index contributed by atoms with van der Waals surface area (Å²) >= 11 is 0. The van der Waals surface area contributed by atoms with Gasteiger partial charge in [-0.3, -0.25) is 9.69 Å². The first-order valence-corrected chi connectivity index (χ1v) is 8.63. The average molecular weight is 338 g/mol. The van der Waals surface area contributed by atoms with E-state index in [0.29, 0.717) is 17.4 Å². The second kappa shape index (κ2) is 6.37. The minimum atomic E-state index is -0.640. The highest BCUT2D eigenvalue weighted by Gasteiger charge is 2.40. The predicted octanol–water partition coefficient (Wildman–Crippen LogP) is 2.22. The highest BCUT2D eigenvalue weighted by molar-refractivity contribution is 6.00. The molecule has 1 unspecified atom stereocenters. The van der Waals surface area contributed by atoms with Crippen molar-refractivity contribution in [1.29, 1.82) is 0 Å². The molecule has 1 fully saturated rings. The minimum Gasteiger partial charge on any atom is -0.472 e. The number of benzene rings is 1. The van der Waals surface area contributed by atoms with Crippen LogP contribution in [0.3, 0.4) is 0 Å². The molecule has 1 amide bonds. The summed E-state index contributed by atoms with van der Waals surface area (Å²) in [4.78, 5) is 21.8. The lowest BCUT2D eigenvalue weighted by Crippen LogP contribution is -2.51. The van der Waals surface area contributed by atoms with Gasteiger partial charge in [0.15, 0.2) is 11.6 Å². The maximum absolute atomic E-state index is 13.3. The Morgan fingerprint density at radius 2 is 1.84 bits per heavy atom. The number of carbonyl (C=O) groups is 1. The van der Waals surface area contributed by atoms with Crippen molar-refractivity contribution in [2.45, 2.75) is 25.0 Å². The van der Waals surface area contributed by atoms with Crippen LogP contribution in [0.4, 0.5) is 11.6 Å². The summed E-state index contributed by atoms with van der Waals surface area (Å²) in [5, 5.41) is 0. The number of nitrogen functional groups attached to an aromatic ring is 1. The van der Waals surface area contributed by atoms with Crippen LogP contribution >= 0.6 is 0 Å². The molecule has 0 spiro atoms. The summed E-state index contributed by atoms with van der Waals surface area (Å²) in [5.74, 6) is 1.49. The van der Waals surface area contributed by atoms with Crippen LogP contribution in [0.25, 0.3) is 0 Å². The number of nitrogens with zero attached hydrogens (tertiary/aromatic N) is 3. The van der Waals surface area contributed by atoms with Crippen LogP contribution < -0.4 is 15.4 Å². The molecule has 1 aromatic heterocycles. The van der Waals surface area contributed by atoms with Crippen molar-refractivity contribution in [1.82, 2.24) is 9.88 Å². The number of ether oxygens (including phenoxy) is 1. The van der Waals surface area contributed by atoms with Crippen LogP contribution in [0, 0.1) is 0 Å². The highest BCUT2D eigenvalue weighted by Crippen LogP contribution is 2.40. The van der Waals surface area contributed by atoms with Crippen LogP contribution in [0.5, 0.6) is 5.75 Å². The first-order valence-electron chi connectivity index (χ1n) is 8.63. The number of amides is 1. The van der Waals surface area contributed by atoms with Gasteiger partial charge < -0.3 is 15.4 Å². The number of piperidine rings is 1. The molecule has 2 aliphatic heterocycles. The largest absolute Gasteiger partial charge is 0.472 e. The third-order valence-electron chi connectivity index (χ3n) is 4.95. The SMILES string of the molecule is CN1CCC(N2C(=O)C(c3ccccc3)Oc3ccc(N)nc32)CC1. The Morgan fingerprint density at radius 1 is 1.12 bits per heavy atom. The van der Waals surface area contributed by atoms with Crippen molar-refractivity contribution in [3.8, 4) is 5.75 Å².